The Morgan fingerprint density at radius 3 is 2.48 bits per heavy atom. The van der Waals surface area contributed by atoms with E-state index < -0.39 is 10.0 Å². The summed E-state index contributed by atoms with van der Waals surface area (Å²) in [6.45, 7) is 7.11. The van der Waals surface area contributed by atoms with E-state index in [1.807, 2.05) is 26.8 Å². The fourth-order valence-electron chi connectivity index (χ4n) is 3.16. The molecular formula is C22H25N3O5S. The van der Waals surface area contributed by atoms with Crippen molar-refractivity contribution in [2.24, 2.45) is 0 Å². The Hall–Kier alpha value is -3.33. The molecule has 1 heterocycles. The first kappa shape index (κ1) is 22.4. The van der Waals surface area contributed by atoms with E-state index in [2.05, 4.69) is 15.2 Å². The highest BCUT2D eigenvalue weighted by molar-refractivity contribution is 7.92. The molecule has 3 rings (SSSR count). The van der Waals surface area contributed by atoms with Gasteiger partial charge < -0.3 is 9.26 Å². The fraction of sp³-hybridized carbons (Fsp3) is 0.273. The first-order valence-electron chi connectivity index (χ1n) is 9.71. The molecule has 0 aliphatic heterocycles. The van der Waals surface area contributed by atoms with Crippen LogP contribution in [0.2, 0.25) is 0 Å². The maximum Gasteiger partial charge on any atom is 0.265 e. The summed E-state index contributed by atoms with van der Waals surface area (Å²) in [4.78, 5) is 11.5. The van der Waals surface area contributed by atoms with Crippen LogP contribution in [0.25, 0.3) is 11.1 Å². The molecule has 0 aliphatic rings. The number of nitrogens with one attached hydrogen (secondary N) is 2. The van der Waals surface area contributed by atoms with Crippen molar-refractivity contribution in [1.82, 2.24) is 5.16 Å². The molecule has 1 amide bonds. The predicted molar refractivity (Wildman–Crippen MR) is 119 cm³/mol. The van der Waals surface area contributed by atoms with Crippen molar-refractivity contribution in [2.45, 2.75) is 39.0 Å². The van der Waals surface area contributed by atoms with Gasteiger partial charge >= 0.3 is 0 Å². The number of sulfonamides is 1. The first-order valence-corrected chi connectivity index (χ1v) is 11.2. The Kier molecular flexibility index (Phi) is 6.35. The number of amides is 1. The average Bonchev–Trinajstić information content (AvgIpc) is 3.12. The zero-order chi connectivity index (χ0) is 22.8. The van der Waals surface area contributed by atoms with Crippen molar-refractivity contribution in [2.75, 3.05) is 17.1 Å². The maximum absolute atomic E-state index is 13.2. The van der Waals surface area contributed by atoms with Crippen molar-refractivity contribution in [3.63, 3.8) is 0 Å². The number of benzene rings is 2. The topological polar surface area (TPSA) is 111 Å². The van der Waals surface area contributed by atoms with Crippen molar-refractivity contribution >= 4 is 27.5 Å². The number of anilines is 2. The quantitative estimate of drug-likeness (QED) is 0.564. The molecule has 3 aromatic rings. The number of aromatic nitrogens is 1. The maximum atomic E-state index is 13.2. The van der Waals surface area contributed by atoms with Gasteiger partial charge in [-0.15, -0.1) is 0 Å². The van der Waals surface area contributed by atoms with E-state index >= 15 is 0 Å². The van der Waals surface area contributed by atoms with Crippen LogP contribution in [0.3, 0.4) is 0 Å². The predicted octanol–water partition coefficient (Wildman–Crippen LogP) is 4.29. The molecule has 164 valence electrons. The molecule has 0 atom stereocenters. The van der Waals surface area contributed by atoms with E-state index in [9.17, 15) is 13.2 Å². The lowest BCUT2D eigenvalue weighted by atomic mass is 10.0. The van der Waals surface area contributed by atoms with Crippen molar-refractivity contribution < 1.29 is 22.5 Å². The minimum atomic E-state index is -3.97. The molecule has 0 fully saturated rings. The first-order chi connectivity index (χ1) is 14.7. The van der Waals surface area contributed by atoms with Gasteiger partial charge in [-0.25, -0.2) is 8.42 Å². The summed E-state index contributed by atoms with van der Waals surface area (Å²) < 4.78 is 39.6. The Morgan fingerprint density at radius 1 is 1.13 bits per heavy atom. The minimum Gasteiger partial charge on any atom is -0.495 e. The molecule has 8 nitrogen and oxygen atoms in total. The summed E-state index contributed by atoms with van der Waals surface area (Å²) >= 11 is 0. The number of hydrogen-bond donors (Lipinski definition) is 2. The van der Waals surface area contributed by atoms with Crippen LogP contribution in [0, 0.1) is 13.8 Å². The zero-order valence-electron chi connectivity index (χ0n) is 18.1. The Bertz CT molecular complexity index is 1230. The van der Waals surface area contributed by atoms with Gasteiger partial charge in [0.2, 0.25) is 11.8 Å². The molecule has 0 spiro atoms. The number of rotatable bonds is 7. The van der Waals surface area contributed by atoms with Gasteiger partial charge in [-0.2, -0.15) is 0 Å². The molecule has 9 heteroatoms. The molecule has 0 unspecified atom stereocenters. The van der Waals surface area contributed by atoms with E-state index in [0.717, 1.165) is 11.1 Å². The van der Waals surface area contributed by atoms with Crippen LogP contribution < -0.4 is 14.8 Å². The summed E-state index contributed by atoms with van der Waals surface area (Å²) in [6, 6.07) is 10.1. The van der Waals surface area contributed by atoms with Crippen LogP contribution in [0.1, 0.15) is 30.7 Å². The standard InChI is InChI=1S/C22H25N3O5S/c1-6-18-21(22(30-24-18)23-15(4)26)16-8-10-19(29-5)20(12-16)31(27,28)25-17-9-7-13(2)14(3)11-17/h7-12,25H,6H2,1-5H3,(H,23,26). The number of ether oxygens (including phenoxy) is 1. The summed E-state index contributed by atoms with van der Waals surface area (Å²) in [5.74, 6) is 0.0356. The molecule has 2 aromatic carbocycles. The fourth-order valence-corrected chi connectivity index (χ4v) is 4.41. The average molecular weight is 444 g/mol. The minimum absolute atomic E-state index is 0.0391. The van der Waals surface area contributed by atoms with Crippen molar-refractivity contribution in [3.8, 4) is 16.9 Å². The van der Waals surface area contributed by atoms with Crippen LogP contribution in [0.15, 0.2) is 45.8 Å². The second-order valence-electron chi connectivity index (χ2n) is 7.14. The molecule has 0 saturated carbocycles. The molecule has 1 aromatic heterocycles. The van der Waals surface area contributed by atoms with Gasteiger partial charge in [0.05, 0.1) is 18.4 Å². The van der Waals surface area contributed by atoms with E-state index in [0.29, 0.717) is 28.9 Å². The van der Waals surface area contributed by atoms with Crippen LogP contribution in [0.5, 0.6) is 5.75 Å². The van der Waals surface area contributed by atoms with Gasteiger partial charge in [-0.3, -0.25) is 14.8 Å². The van der Waals surface area contributed by atoms with Crippen LogP contribution in [-0.4, -0.2) is 26.6 Å². The van der Waals surface area contributed by atoms with E-state index in [4.69, 9.17) is 9.26 Å². The number of carbonyl (C=O) groups excluding carboxylic acids is 1. The SMILES string of the molecule is CCc1noc(NC(C)=O)c1-c1ccc(OC)c(S(=O)(=O)Nc2ccc(C)c(C)c2)c1. The number of methoxy groups -OCH3 is 1. The van der Waals surface area contributed by atoms with Gasteiger partial charge in [0.15, 0.2) is 0 Å². The molecule has 0 aliphatic carbocycles. The highest BCUT2D eigenvalue weighted by Crippen LogP contribution is 2.37. The van der Waals surface area contributed by atoms with E-state index in [-0.39, 0.29) is 22.4 Å². The number of carbonyl (C=O) groups is 1. The smallest absolute Gasteiger partial charge is 0.265 e. The van der Waals surface area contributed by atoms with Crippen LogP contribution in [0.4, 0.5) is 11.6 Å². The lowest BCUT2D eigenvalue weighted by Gasteiger charge is -2.14. The normalized spacial score (nSPS) is 11.3. The molecular weight excluding hydrogens is 418 g/mol. The zero-order valence-corrected chi connectivity index (χ0v) is 18.9. The second-order valence-corrected chi connectivity index (χ2v) is 8.79. The largest absolute Gasteiger partial charge is 0.495 e. The van der Waals surface area contributed by atoms with Gasteiger partial charge in [-0.1, -0.05) is 24.2 Å². The van der Waals surface area contributed by atoms with Crippen LogP contribution in [-0.2, 0) is 21.2 Å². The Balaban J connectivity index is 2.10. The number of hydrogen-bond acceptors (Lipinski definition) is 6. The van der Waals surface area contributed by atoms with Gasteiger partial charge in [-0.05, 0) is 61.2 Å². The molecule has 0 radical (unpaired) electrons. The van der Waals surface area contributed by atoms with E-state index in [1.54, 1.807) is 24.3 Å². The molecule has 31 heavy (non-hydrogen) atoms. The molecule has 0 bridgehead atoms. The monoisotopic (exact) mass is 443 g/mol. The second kappa shape index (κ2) is 8.81. The third-order valence-electron chi connectivity index (χ3n) is 4.89. The van der Waals surface area contributed by atoms with Gasteiger partial charge in [0, 0.05) is 12.6 Å². The Labute approximate surface area is 181 Å². The third-order valence-corrected chi connectivity index (χ3v) is 6.29. The summed E-state index contributed by atoms with van der Waals surface area (Å²) in [5, 5.41) is 6.60. The number of nitrogens with zero attached hydrogens (tertiary/aromatic N) is 1. The van der Waals surface area contributed by atoms with Gasteiger partial charge in [0.1, 0.15) is 10.6 Å². The highest BCUT2D eigenvalue weighted by Gasteiger charge is 2.24. The lowest BCUT2D eigenvalue weighted by Crippen LogP contribution is -2.14. The summed E-state index contributed by atoms with van der Waals surface area (Å²) in [5.41, 5.74) is 4.14. The number of aryl methyl sites for hydroxylation is 3. The summed E-state index contributed by atoms with van der Waals surface area (Å²) in [6.07, 6.45) is 0.535. The van der Waals surface area contributed by atoms with E-state index in [1.165, 1.54) is 20.1 Å². The van der Waals surface area contributed by atoms with Crippen LogP contribution >= 0.6 is 0 Å². The third kappa shape index (κ3) is 4.72. The summed E-state index contributed by atoms with van der Waals surface area (Å²) in [7, 11) is -2.56. The molecule has 0 saturated heterocycles. The van der Waals surface area contributed by atoms with Crippen molar-refractivity contribution in [1.29, 1.82) is 0 Å². The highest BCUT2D eigenvalue weighted by atomic mass is 32.2. The van der Waals surface area contributed by atoms with Gasteiger partial charge in [0.25, 0.3) is 10.0 Å². The van der Waals surface area contributed by atoms with Crippen molar-refractivity contribution in [3.05, 3.63) is 53.2 Å². The molecule has 2 N–H and O–H groups in total. The lowest BCUT2D eigenvalue weighted by molar-refractivity contribution is -0.114. The Morgan fingerprint density at radius 2 is 1.87 bits per heavy atom.